The monoisotopic (exact) mass is 213 g/mol. The molecule has 0 aliphatic carbocycles. The smallest absolute Gasteiger partial charge is 0.408 e. The van der Waals surface area contributed by atoms with Gasteiger partial charge in [-0.15, -0.1) is 12.3 Å². The van der Waals surface area contributed by atoms with E-state index in [2.05, 4.69) is 5.92 Å². The third kappa shape index (κ3) is 3.80. The Balaban J connectivity index is 4.80. The maximum atomic E-state index is 11.1. The summed E-state index contributed by atoms with van der Waals surface area (Å²) in [5.74, 6) is 2.32. The van der Waals surface area contributed by atoms with Gasteiger partial charge in [0.25, 0.3) is 0 Å². The minimum Gasteiger partial charge on any atom is -0.465 e. The second kappa shape index (κ2) is 5.04. The lowest BCUT2D eigenvalue weighted by Gasteiger charge is -2.39. The molecule has 15 heavy (non-hydrogen) atoms. The van der Waals surface area contributed by atoms with Gasteiger partial charge in [-0.3, -0.25) is 4.90 Å². The van der Waals surface area contributed by atoms with Crippen LogP contribution in [0.5, 0.6) is 0 Å². The summed E-state index contributed by atoms with van der Waals surface area (Å²) in [6, 6.07) is -0.515. The van der Waals surface area contributed by atoms with Gasteiger partial charge in [-0.1, -0.05) is 0 Å². The molecule has 0 unspecified atom stereocenters. The van der Waals surface area contributed by atoms with Crippen molar-refractivity contribution in [2.45, 2.75) is 51.8 Å². The van der Waals surface area contributed by atoms with E-state index in [0.717, 1.165) is 0 Å². The van der Waals surface area contributed by atoms with E-state index in [1.165, 1.54) is 4.90 Å². The molecular formula is C11H19NO3. The number of rotatable bonds is 3. The lowest BCUT2D eigenvalue weighted by molar-refractivity contribution is 0.0170. The lowest BCUT2D eigenvalue weighted by atomic mass is 10.0. The molecule has 0 fully saturated rings. The van der Waals surface area contributed by atoms with Crippen molar-refractivity contribution < 1.29 is 15.0 Å². The van der Waals surface area contributed by atoms with Crippen molar-refractivity contribution in [3.8, 4) is 12.3 Å². The van der Waals surface area contributed by atoms with Crippen LogP contribution in [-0.2, 0) is 0 Å². The molecule has 0 aromatic carbocycles. The fraction of sp³-hybridized carbons (Fsp3) is 0.727. The summed E-state index contributed by atoms with van der Waals surface area (Å²) in [6.45, 7) is 6.99. The Labute approximate surface area is 90.9 Å². The van der Waals surface area contributed by atoms with Crippen molar-refractivity contribution in [3.05, 3.63) is 0 Å². The largest absolute Gasteiger partial charge is 0.465 e. The maximum Gasteiger partial charge on any atom is 0.408 e. The highest BCUT2D eigenvalue weighted by Crippen LogP contribution is 2.20. The highest BCUT2D eigenvalue weighted by molar-refractivity contribution is 5.66. The molecule has 0 heterocycles. The van der Waals surface area contributed by atoms with Gasteiger partial charge in [-0.05, 0) is 27.7 Å². The van der Waals surface area contributed by atoms with Gasteiger partial charge in [0.05, 0.1) is 12.1 Å². The van der Waals surface area contributed by atoms with Gasteiger partial charge in [0, 0.05) is 12.0 Å². The molecule has 0 aromatic heterocycles. The second-order valence-electron chi connectivity index (χ2n) is 4.54. The lowest BCUT2D eigenvalue weighted by Crippen LogP contribution is -2.54. The predicted octanol–water partition coefficient (Wildman–Crippen LogP) is 1.54. The number of aliphatic hydroxyl groups is 1. The molecule has 0 aromatic rings. The van der Waals surface area contributed by atoms with Crippen LogP contribution in [0.4, 0.5) is 4.79 Å². The Morgan fingerprint density at radius 1 is 1.53 bits per heavy atom. The fourth-order valence-corrected chi connectivity index (χ4v) is 1.54. The Morgan fingerprint density at radius 2 is 2.00 bits per heavy atom. The number of carbonyl (C=O) groups is 1. The number of amides is 1. The summed E-state index contributed by atoms with van der Waals surface area (Å²) >= 11 is 0. The molecule has 0 spiro atoms. The first kappa shape index (κ1) is 13.8. The van der Waals surface area contributed by atoms with Crippen molar-refractivity contribution in [3.63, 3.8) is 0 Å². The van der Waals surface area contributed by atoms with Gasteiger partial charge in [-0.2, -0.15) is 0 Å². The third-order valence-electron chi connectivity index (χ3n) is 2.22. The number of terminal acetylenes is 1. The van der Waals surface area contributed by atoms with Crippen LogP contribution in [0, 0.1) is 12.3 Å². The van der Waals surface area contributed by atoms with Crippen LogP contribution >= 0.6 is 0 Å². The zero-order valence-corrected chi connectivity index (χ0v) is 9.69. The van der Waals surface area contributed by atoms with Gasteiger partial charge in [-0.25, -0.2) is 4.79 Å². The quantitative estimate of drug-likeness (QED) is 0.699. The van der Waals surface area contributed by atoms with E-state index in [0.29, 0.717) is 0 Å². The molecule has 0 aliphatic rings. The maximum absolute atomic E-state index is 11.1. The highest BCUT2D eigenvalue weighted by Gasteiger charge is 2.33. The molecule has 0 bridgehead atoms. The summed E-state index contributed by atoms with van der Waals surface area (Å²) in [5.41, 5.74) is -0.555. The number of hydrogen-bond donors (Lipinski definition) is 2. The average molecular weight is 213 g/mol. The molecule has 4 nitrogen and oxygen atoms in total. The highest BCUT2D eigenvalue weighted by atomic mass is 16.4. The predicted molar refractivity (Wildman–Crippen MR) is 58.5 cm³/mol. The SMILES string of the molecule is C#CC[C@@H](O)[C@H](C)N(C(=O)O)C(C)(C)C. The first-order chi connectivity index (χ1) is 6.71. The van der Waals surface area contributed by atoms with Gasteiger partial charge >= 0.3 is 6.09 Å². The third-order valence-corrected chi connectivity index (χ3v) is 2.22. The number of hydrogen-bond acceptors (Lipinski definition) is 2. The van der Waals surface area contributed by atoms with Gasteiger partial charge < -0.3 is 10.2 Å². The second-order valence-corrected chi connectivity index (χ2v) is 4.54. The first-order valence-corrected chi connectivity index (χ1v) is 4.85. The van der Waals surface area contributed by atoms with Crippen molar-refractivity contribution in [1.29, 1.82) is 0 Å². The molecule has 2 N–H and O–H groups in total. The number of carboxylic acid groups (broad SMARTS) is 1. The van der Waals surface area contributed by atoms with E-state index >= 15 is 0 Å². The molecule has 86 valence electrons. The Hall–Kier alpha value is -1.21. The molecule has 4 heteroatoms. The summed E-state index contributed by atoms with van der Waals surface area (Å²) in [7, 11) is 0. The van der Waals surface area contributed by atoms with Gasteiger partial charge in [0.15, 0.2) is 0 Å². The van der Waals surface area contributed by atoms with Crippen LogP contribution in [0.15, 0.2) is 0 Å². The van der Waals surface area contributed by atoms with E-state index in [9.17, 15) is 9.90 Å². The van der Waals surface area contributed by atoms with Crippen LogP contribution in [0.3, 0.4) is 0 Å². The minimum absolute atomic E-state index is 0.154. The Kier molecular flexibility index (Phi) is 4.63. The zero-order chi connectivity index (χ0) is 12.2. The number of nitrogens with zero attached hydrogens (tertiary/aromatic N) is 1. The van der Waals surface area contributed by atoms with Crippen molar-refractivity contribution in [2.24, 2.45) is 0 Å². The summed E-state index contributed by atoms with van der Waals surface area (Å²) in [4.78, 5) is 12.3. The molecular weight excluding hydrogens is 194 g/mol. The van der Waals surface area contributed by atoms with Crippen LogP contribution in [-0.4, -0.2) is 38.9 Å². The first-order valence-electron chi connectivity index (χ1n) is 4.85. The standard InChI is InChI=1S/C11H19NO3/c1-6-7-9(13)8(2)12(10(14)15)11(3,4)5/h1,8-9,13H,7H2,2-5H3,(H,14,15)/t8-,9+/m0/s1. The Morgan fingerprint density at radius 3 is 2.27 bits per heavy atom. The van der Waals surface area contributed by atoms with E-state index in [4.69, 9.17) is 11.5 Å². The van der Waals surface area contributed by atoms with Gasteiger partial charge in [0.2, 0.25) is 0 Å². The molecule has 0 saturated carbocycles. The zero-order valence-electron chi connectivity index (χ0n) is 9.69. The van der Waals surface area contributed by atoms with Crippen LogP contribution in [0.2, 0.25) is 0 Å². The van der Waals surface area contributed by atoms with E-state index in [1.807, 2.05) is 0 Å². The van der Waals surface area contributed by atoms with Crippen molar-refractivity contribution in [1.82, 2.24) is 4.90 Å². The van der Waals surface area contributed by atoms with Gasteiger partial charge in [0.1, 0.15) is 0 Å². The minimum atomic E-state index is -1.05. The van der Waals surface area contributed by atoms with Crippen LogP contribution < -0.4 is 0 Å². The van der Waals surface area contributed by atoms with E-state index in [1.54, 1.807) is 27.7 Å². The van der Waals surface area contributed by atoms with Crippen molar-refractivity contribution >= 4 is 6.09 Å². The molecule has 0 saturated heterocycles. The van der Waals surface area contributed by atoms with Crippen molar-refractivity contribution in [2.75, 3.05) is 0 Å². The molecule has 0 aliphatic heterocycles. The topological polar surface area (TPSA) is 60.8 Å². The van der Waals surface area contributed by atoms with Crippen LogP contribution in [0.25, 0.3) is 0 Å². The van der Waals surface area contributed by atoms with E-state index in [-0.39, 0.29) is 6.42 Å². The molecule has 2 atom stereocenters. The average Bonchev–Trinajstić information content (AvgIpc) is 2.00. The molecule has 0 radical (unpaired) electrons. The fourth-order valence-electron chi connectivity index (χ4n) is 1.54. The molecule has 1 amide bonds. The number of aliphatic hydroxyl groups excluding tert-OH is 1. The Bertz CT molecular complexity index is 262. The molecule has 0 rings (SSSR count). The van der Waals surface area contributed by atoms with E-state index < -0.39 is 23.8 Å². The van der Waals surface area contributed by atoms with Crippen LogP contribution in [0.1, 0.15) is 34.1 Å². The summed E-state index contributed by atoms with van der Waals surface area (Å²) in [6.07, 6.45) is 3.35. The summed E-state index contributed by atoms with van der Waals surface area (Å²) < 4.78 is 0. The summed E-state index contributed by atoms with van der Waals surface area (Å²) in [5, 5.41) is 18.7. The normalized spacial score (nSPS) is 15.2.